The summed E-state index contributed by atoms with van der Waals surface area (Å²) in [5.41, 5.74) is 4.47. The third-order valence-corrected chi connectivity index (χ3v) is 3.30. The Kier molecular flexibility index (Phi) is 3.41. The maximum absolute atomic E-state index is 11.6. The first-order valence-electron chi connectivity index (χ1n) is 5.83. The van der Waals surface area contributed by atoms with Gasteiger partial charge in [-0.2, -0.15) is 0 Å². The van der Waals surface area contributed by atoms with E-state index in [1.807, 2.05) is 34.6 Å². The van der Waals surface area contributed by atoms with E-state index in [9.17, 15) is 9.59 Å². The number of hydrogen-bond acceptors (Lipinski definition) is 3. The zero-order chi connectivity index (χ0) is 13.4. The van der Waals surface area contributed by atoms with Crippen LogP contribution in [0.4, 0.5) is 4.79 Å². The predicted octanol–water partition coefficient (Wildman–Crippen LogP) is 1.41. The zero-order valence-electron chi connectivity index (χ0n) is 11.2. The third-order valence-electron chi connectivity index (χ3n) is 3.30. The summed E-state index contributed by atoms with van der Waals surface area (Å²) in [6, 6.07) is -0.0603. The van der Waals surface area contributed by atoms with Crippen LogP contribution in [0.1, 0.15) is 41.0 Å². The summed E-state index contributed by atoms with van der Waals surface area (Å²) in [4.78, 5) is 22.7. The van der Waals surface area contributed by atoms with Crippen LogP contribution < -0.4 is 11.1 Å². The lowest BCUT2D eigenvalue weighted by Gasteiger charge is -2.50. The summed E-state index contributed by atoms with van der Waals surface area (Å²) in [5.74, 6) is -0.486. The predicted molar refractivity (Wildman–Crippen MR) is 64.2 cm³/mol. The Bertz CT molecular complexity index is 331. The molecule has 0 radical (unpaired) electrons. The monoisotopic (exact) mass is 242 g/mol. The molecule has 98 valence electrons. The van der Waals surface area contributed by atoms with Gasteiger partial charge in [0, 0.05) is 12.0 Å². The lowest BCUT2D eigenvalue weighted by molar-refractivity contribution is -0.133. The van der Waals surface area contributed by atoms with Crippen molar-refractivity contribution >= 4 is 12.0 Å². The van der Waals surface area contributed by atoms with E-state index in [2.05, 4.69) is 5.32 Å². The number of alkyl carbamates (subject to hydrolysis) is 1. The molecular weight excluding hydrogens is 220 g/mol. The fourth-order valence-corrected chi connectivity index (χ4v) is 2.10. The first-order chi connectivity index (χ1) is 7.54. The summed E-state index contributed by atoms with van der Waals surface area (Å²) < 4.78 is 5.17. The molecule has 0 aromatic rings. The molecule has 1 rings (SSSR count). The van der Waals surface area contributed by atoms with E-state index in [0.717, 1.165) is 0 Å². The van der Waals surface area contributed by atoms with Gasteiger partial charge in [-0.15, -0.1) is 0 Å². The Hall–Kier alpha value is -1.26. The van der Waals surface area contributed by atoms with Crippen molar-refractivity contribution in [2.45, 2.75) is 52.7 Å². The van der Waals surface area contributed by atoms with Crippen molar-refractivity contribution in [1.82, 2.24) is 5.32 Å². The number of carbonyl (C=O) groups is 2. The number of primary amides is 1. The first-order valence-corrected chi connectivity index (χ1v) is 5.83. The highest BCUT2D eigenvalue weighted by molar-refractivity contribution is 5.79. The van der Waals surface area contributed by atoms with E-state index < -0.39 is 11.7 Å². The molecule has 1 aliphatic carbocycles. The molecule has 0 unspecified atom stereocenters. The van der Waals surface area contributed by atoms with Gasteiger partial charge in [0.05, 0.1) is 0 Å². The van der Waals surface area contributed by atoms with Gasteiger partial charge in [-0.1, -0.05) is 13.8 Å². The molecule has 0 spiro atoms. The number of ether oxygens (including phenoxy) is 1. The second kappa shape index (κ2) is 4.20. The summed E-state index contributed by atoms with van der Waals surface area (Å²) >= 11 is 0. The molecule has 5 heteroatoms. The smallest absolute Gasteiger partial charge is 0.407 e. The minimum Gasteiger partial charge on any atom is -0.444 e. The second-order valence-electron chi connectivity index (χ2n) is 6.21. The van der Waals surface area contributed by atoms with Crippen molar-refractivity contribution in [1.29, 1.82) is 0 Å². The minimum atomic E-state index is -0.513. The Morgan fingerprint density at radius 2 is 1.88 bits per heavy atom. The molecule has 0 saturated heterocycles. The van der Waals surface area contributed by atoms with Crippen molar-refractivity contribution in [3.05, 3.63) is 0 Å². The number of nitrogens with two attached hydrogens (primary N) is 1. The van der Waals surface area contributed by atoms with Gasteiger partial charge in [0.25, 0.3) is 0 Å². The summed E-state index contributed by atoms with van der Waals surface area (Å²) in [7, 11) is 0. The lowest BCUT2D eigenvalue weighted by atomic mass is 9.58. The third kappa shape index (κ3) is 3.11. The quantitative estimate of drug-likeness (QED) is 0.768. The topological polar surface area (TPSA) is 81.4 Å². The fraction of sp³-hybridized carbons (Fsp3) is 0.833. The summed E-state index contributed by atoms with van der Waals surface area (Å²) in [5, 5.41) is 2.78. The number of rotatable bonds is 2. The summed E-state index contributed by atoms with van der Waals surface area (Å²) in [6.45, 7) is 9.28. The van der Waals surface area contributed by atoms with Gasteiger partial charge in [0.2, 0.25) is 5.91 Å². The molecule has 2 atom stereocenters. The van der Waals surface area contributed by atoms with E-state index >= 15 is 0 Å². The van der Waals surface area contributed by atoms with Crippen LogP contribution in [-0.2, 0) is 9.53 Å². The van der Waals surface area contributed by atoms with E-state index in [4.69, 9.17) is 10.5 Å². The highest BCUT2D eigenvalue weighted by atomic mass is 16.6. The Morgan fingerprint density at radius 1 is 1.35 bits per heavy atom. The molecule has 3 N–H and O–H groups in total. The minimum absolute atomic E-state index is 0.0603. The lowest BCUT2D eigenvalue weighted by Crippen LogP contribution is -2.62. The first kappa shape index (κ1) is 13.8. The van der Waals surface area contributed by atoms with Crippen LogP contribution in [0.2, 0.25) is 0 Å². The van der Waals surface area contributed by atoms with Crippen LogP contribution in [0, 0.1) is 11.3 Å². The van der Waals surface area contributed by atoms with Gasteiger partial charge in [-0.05, 0) is 32.6 Å². The van der Waals surface area contributed by atoms with Crippen LogP contribution in [0.5, 0.6) is 0 Å². The van der Waals surface area contributed by atoms with Crippen molar-refractivity contribution in [3.8, 4) is 0 Å². The molecule has 17 heavy (non-hydrogen) atoms. The van der Waals surface area contributed by atoms with Gasteiger partial charge in [0.15, 0.2) is 0 Å². The maximum Gasteiger partial charge on any atom is 0.407 e. The van der Waals surface area contributed by atoms with E-state index in [-0.39, 0.29) is 23.3 Å². The standard InChI is InChI=1S/C12H22N2O3/c1-11(2,3)17-10(16)14-8-6-7(9(13)15)12(8,4)5/h7-8H,6H2,1-5H3,(H2,13,15)(H,14,16)/t7-,8-/m1/s1. The zero-order valence-corrected chi connectivity index (χ0v) is 11.2. The van der Waals surface area contributed by atoms with Crippen LogP contribution >= 0.6 is 0 Å². The molecule has 1 aliphatic rings. The van der Waals surface area contributed by atoms with Gasteiger partial charge in [-0.3, -0.25) is 4.79 Å². The molecule has 0 bridgehead atoms. The number of carbonyl (C=O) groups excluding carboxylic acids is 2. The van der Waals surface area contributed by atoms with Crippen molar-refractivity contribution in [3.63, 3.8) is 0 Å². The van der Waals surface area contributed by atoms with Crippen molar-refractivity contribution in [2.24, 2.45) is 17.1 Å². The van der Waals surface area contributed by atoms with Crippen LogP contribution in [0.25, 0.3) is 0 Å². The molecule has 5 nitrogen and oxygen atoms in total. The maximum atomic E-state index is 11.6. The van der Waals surface area contributed by atoms with Gasteiger partial charge in [0.1, 0.15) is 5.60 Å². The van der Waals surface area contributed by atoms with Gasteiger partial charge < -0.3 is 15.8 Å². The normalized spacial score (nSPS) is 26.9. The fourth-order valence-electron chi connectivity index (χ4n) is 2.10. The van der Waals surface area contributed by atoms with Gasteiger partial charge in [-0.25, -0.2) is 4.79 Å². The van der Waals surface area contributed by atoms with Crippen LogP contribution in [0.3, 0.4) is 0 Å². The molecule has 1 saturated carbocycles. The SMILES string of the molecule is CC(C)(C)OC(=O)N[C@@H]1C[C@H](C(N)=O)C1(C)C. The van der Waals surface area contributed by atoms with Crippen molar-refractivity contribution < 1.29 is 14.3 Å². The molecule has 0 heterocycles. The molecule has 0 aromatic carbocycles. The molecule has 1 fully saturated rings. The largest absolute Gasteiger partial charge is 0.444 e. The number of amides is 2. The van der Waals surface area contributed by atoms with E-state index in [0.29, 0.717) is 6.42 Å². The highest BCUT2D eigenvalue weighted by Gasteiger charge is 2.51. The molecule has 2 amide bonds. The molecule has 0 aliphatic heterocycles. The van der Waals surface area contributed by atoms with Crippen molar-refractivity contribution in [2.75, 3.05) is 0 Å². The average molecular weight is 242 g/mol. The highest BCUT2D eigenvalue weighted by Crippen LogP contribution is 2.45. The number of nitrogens with one attached hydrogen (secondary N) is 1. The van der Waals surface area contributed by atoms with Crippen LogP contribution in [-0.4, -0.2) is 23.6 Å². The Morgan fingerprint density at radius 3 is 2.24 bits per heavy atom. The molecular formula is C12H22N2O3. The summed E-state index contributed by atoms with van der Waals surface area (Å²) in [6.07, 6.45) is 0.139. The number of hydrogen-bond donors (Lipinski definition) is 2. The van der Waals surface area contributed by atoms with E-state index in [1.54, 1.807) is 0 Å². The van der Waals surface area contributed by atoms with E-state index in [1.165, 1.54) is 0 Å². The Labute approximate surface area is 102 Å². The van der Waals surface area contributed by atoms with Crippen LogP contribution in [0.15, 0.2) is 0 Å². The average Bonchev–Trinajstić information content (AvgIpc) is 2.07. The Balaban J connectivity index is 2.51. The molecule has 0 aromatic heterocycles. The second-order valence-corrected chi connectivity index (χ2v) is 6.21. The van der Waals surface area contributed by atoms with Gasteiger partial charge >= 0.3 is 6.09 Å².